The molecule has 5 heteroatoms. The molecule has 1 spiro atoms. The van der Waals surface area contributed by atoms with Crippen molar-refractivity contribution >= 4 is 11.8 Å². The van der Waals surface area contributed by atoms with E-state index in [1.165, 1.54) is 0 Å². The van der Waals surface area contributed by atoms with Crippen LogP contribution in [0, 0.1) is 5.41 Å². The molecule has 3 fully saturated rings. The zero-order chi connectivity index (χ0) is 22.9. The summed E-state index contributed by atoms with van der Waals surface area (Å²) in [5.74, 6) is 1.48. The van der Waals surface area contributed by atoms with Crippen LogP contribution in [-0.4, -0.2) is 43.5 Å². The van der Waals surface area contributed by atoms with Gasteiger partial charge in [-0.1, -0.05) is 61.4 Å². The topological polar surface area (TPSA) is 58.6 Å². The molecule has 0 aromatic heterocycles. The van der Waals surface area contributed by atoms with Crippen LogP contribution in [0.15, 0.2) is 54.6 Å². The molecule has 3 aliphatic rings. The van der Waals surface area contributed by atoms with Crippen molar-refractivity contribution in [2.45, 2.75) is 56.3 Å². The molecule has 1 N–H and O–H groups in total. The van der Waals surface area contributed by atoms with E-state index in [0.29, 0.717) is 26.1 Å². The minimum Gasteiger partial charge on any atom is -0.496 e. The molecule has 2 amide bonds. The molecule has 33 heavy (non-hydrogen) atoms. The molecule has 0 radical (unpaired) electrons. The lowest BCUT2D eigenvalue weighted by Gasteiger charge is -2.50. The number of amides is 2. The van der Waals surface area contributed by atoms with Crippen LogP contribution >= 0.6 is 0 Å². The third-order valence-corrected chi connectivity index (χ3v) is 8.51. The molecule has 2 saturated heterocycles. The molecule has 5 nitrogen and oxygen atoms in total. The summed E-state index contributed by atoms with van der Waals surface area (Å²) in [4.78, 5) is 28.5. The van der Waals surface area contributed by atoms with Crippen molar-refractivity contribution in [2.75, 3.05) is 26.7 Å². The Bertz CT molecular complexity index is 1000. The van der Waals surface area contributed by atoms with Crippen molar-refractivity contribution in [3.8, 4) is 5.75 Å². The summed E-state index contributed by atoms with van der Waals surface area (Å²) in [5, 5.41) is 3.08. The fraction of sp³-hybridized carbons (Fsp3) is 0.500. The van der Waals surface area contributed by atoms with Gasteiger partial charge in [0, 0.05) is 32.0 Å². The van der Waals surface area contributed by atoms with E-state index in [1.807, 2.05) is 36.4 Å². The minimum absolute atomic E-state index is 0.123. The van der Waals surface area contributed by atoms with Crippen LogP contribution in [0.4, 0.5) is 0 Å². The van der Waals surface area contributed by atoms with E-state index in [0.717, 1.165) is 55.4 Å². The number of hydrogen-bond donors (Lipinski definition) is 1. The molecule has 1 atom stereocenters. The second-order valence-corrected chi connectivity index (χ2v) is 10.1. The van der Waals surface area contributed by atoms with Gasteiger partial charge in [0.15, 0.2) is 0 Å². The van der Waals surface area contributed by atoms with E-state index in [1.54, 1.807) is 7.11 Å². The summed E-state index contributed by atoms with van der Waals surface area (Å²) in [5.41, 5.74) is 1.81. The Morgan fingerprint density at radius 1 is 0.970 bits per heavy atom. The van der Waals surface area contributed by atoms with Crippen LogP contribution in [-0.2, 0) is 15.0 Å². The van der Waals surface area contributed by atoms with Crippen molar-refractivity contribution in [2.24, 2.45) is 5.41 Å². The second-order valence-electron chi connectivity index (χ2n) is 10.1. The molecule has 2 aromatic rings. The first-order valence-electron chi connectivity index (χ1n) is 12.3. The van der Waals surface area contributed by atoms with Gasteiger partial charge in [0.05, 0.1) is 12.5 Å². The summed E-state index contributed by atoms with van der Waals surface area (Å²) in [6, 6.07) is 18.5. The average molecular weight is 447 g/mol. The van der Waals surface area contributed by atoms with Crippen molar-refractivity contribution in [3.63, 3.8) is 0 Å². The number of piperidine rings is 2. The van der Waals surface area contributed by atoms with Gasteiger partial charge in [-0.15, -0.1) is 0 Å². The molecule has 2 heterocycles. The second kappa shape index (κ2) is 8.85. The number of benzene rings is 2. The quantitative estimate of drug-likeness (QED) is 0.756. The van der Waals surface area contributed by atoms with Crippen LogP contribution in [0.1, 0.15) is 62.0 Å². The number of likely N-dealkylation sites (tertiary alicyclic amines) is 1. The number of rotatable bonds is 4. The fourth-order valence-electron chi connectivity index (χ4n) is 6.68. The normalized spacial score (nSPS) is 23.8. The Balaban J connectivity index is 1.39. The Morgan fingerprint density at radius 2 is 1.64 bits per heavy atom. The standard InChI is InChI=1S/C28H34N2O3/c1-33-24-12-6-5-11-22(24)23-20-29-25(31)19-27(23)15-17-30(18-16-27)26(32)28(13-7-8-14-28)21-9-3-2-4-10-21/h2-6,9-12,23H,7-8,13-20H2,1H3,(H,29,31)/t23-/m0/s1. The maximum absolute atomic E-state index is 13.9. The van der Waals surface area contributed by atoms with Crippen LogP contribution in [0.2, 0.25) is 0 Å². The van der Waals surface area contributed by atoms with Gasteiger partial charge >= 0.3 is 0 Å². The van der Waals surface area contributed by atoms with Gasteiger partial charge in [-0.05, 0) is 48.3 Å². The van der Waals surface area contributed by atoms with Crippen molar-refractivity contribution in [1.82, 2.24) is 10.2 Å². The zero-order valence-corrected chi connectivity index (χ0v) is 19.5. The minimum atomic E-state index is -0.377. The number of hydrogen-bond acceptors (Lipinski definition) is 3. The lowest BCUT2D eigenvalue weighted by molar-refractivity contribution is -0.141. The Labute approximate surface area is 196 Å². The highest BCUT2D eigenvalue weighted by atomic mass is 16.5. The lowest BCUT2D eigenvalue weighted by Crippen LogP contribution is -2.55. The third kappa shape index (κ3) is 3.81. The maximum atomic E-state index is 13.9. The van der Waals surface area contributed by atoms with Crippen LogP contribution in [0.3, 0.4) is 0 Å². The number of nitrogens with one attached hydrogen (secondary N) is 1. The Hall–Kier alpha value is -2.82. The summed E-state index contributed by atoms with van der Waals surface area (Å²) in [6.07, 6.45) is 6.29. The number of methoxy groups -OCH3 is 1. The highest BCUT2D eigenvalue weighted by Gasteiger charge is 2.50. The highest BCUT2D eigenvalue weighted by molar-refractivity contribution is 5.89. The summed E-state index contributed by atoms with van der Waals surface area (Å²) in [7, 11) is 1.71. The van der Waals surface area contributed by atoms with E-state index >= 15 is 0 Å². The van der Waals surface area contributed by atoms with Gasteiger partial charge in [-0.2, -0.15) is 0 Å². The first-order valence-corrected chi connectivity index (χ1v) is 12.3. The van der Waals surface area contributed by atoms with E-state index in [4.69, 9.17) is 4.74 Å². The number of nitrogens with zero attached hydrogens (tertiary/aromatic N) is 1. The van der Waals surface area contributed by atoms with E-state index in [-0.39, 0.29) is 28.6 Å². The van der Waals surface area contributed by atoms with Gasteiger partial charge in [0.25, 0.3) is 0 Å². The molecule has 174 valence electrons. The largest absolute Gasteiger partial charge is 0.496 e. The lowest BCUT2D eigenvalue weighted by atomic mass is 9.62. The van der Waals surface area contributed by atoms with Gasteiger partial charge in [-0.3, -0.25) is 9.59 Å². The molecule has 2 aromatic carbocycles. The Morgan fingerprint density at radius 3 is 2.33 bits per heavy atom. The monoisotopic (exact) mass is 446 g/mol. The predicted molar refractivity (Wildman–Crippen MR) is 128 cm³/mol. The summed E-state index contributed by atoms with van der Waals surface area (Å²) >= 11 is 0. The number of carbonyl (C=O) groups is 2. The van der Waals surface area contributed by atoms with Gasteiger partial charge in [-0.25, -0.2) is 0 Å². The molecular formula is C28H34N2O3. The molecule has 1 saturated carbocycles. The van der Waals surface area contributed by atoms with Crippen molar-refractivity contribution in [1.29, 1.82) is 0 Å². The summed E-state index contributed by atoms with van der Waals surface area (Å²) < 4.78 is 5.67. The molecular weight excluding hydrogens is 412 g/mol. The molecule has 2 aliphatic heterocycles. The summed E-state index contributed by atoms with van der Waals surface area (Å²) in [6.45, 7) is 2.06. The SMILES string of the molecule is COc1ccccc1[C@@H]1CNC(=O)CC12CCN(C(=O)C1(c3ccccc3)CCCC1)CC2. The number of ether oxygens (including phenoxy) is 1. The van der Waals surface area contributed by atoms with E-state index < -0.39 is 0 Å². The fourth-order valence-corrected chi connectivity index (χ4v) is 6.68. The van der Waals surface area contributed by atoms with E-state index in [9.17, 15) is 9.59 Å². The highest BCUT2D eigenvalue weighted by Crippen LogP contribution is 2.51. The molecule has 0 bridgehead atoms. The van der Waals surface area contributed by atoms with Gasteiger partial charge < -0.3 is 15.0 Å². The molecule has 1 aliphatic carbocycles. The van der Waals surface area contributed by atoms with Crippen LogP contribution in [0.5, 0.6) is 5.75 Å². The smallest absolute Gasteiger partial charge is 0.233 e. The number of carbonyl (C=O) groups excluding carboxylic acids is 2. The third-order valence-electron chi connectivity index (χ3n) is 8.51. The van der Waals surface area contributed by atoms with Gasteiger partial charge in [0.1, 0.15) is 5.75 Å². The Kier molecular flexibility index (Phi) is 5.90. The van der Waals surface area contributed by atoms with Crippen molar-refractivity contribution in [3.05, 3.63) is 65.7 Å². The van der Waals surface area contributed by atoms with Crippen molar-refractivity contribution < 1.29 is 14.3 Å². The van der Waals surface area contributed by atoms with Gasteiger partial charge in [0.2, 0.25) is 11.8 Å². The predicted octanol–water partition coefficient (Wildman–Crippen LogP) is 4.42. The van der Waals surface area contributed by atoms with E-state index in [2.05, 4.69) is 28.4 Å². The molecule has 0 unspecified atom stereocenters. The number of para-hydroxylation sites is 1. The zero-order valence-electron chi connectivity index (χ0n) is 19.5. The first kappa shape index (κ1) is 22.0. The maximum Gasteiger partial charge on any atom is 0.233 e. The van der Waals surface area contributed by atoms with Crippen LogP contribution in [0.25, 0.3) is 0 Å². The molecule has 5 rings (SSSR count). The average Bonchev–Trinajstić information content (AvgIpc) is 3.36. The first-order chi connectivity index (χ1) is 16.1. The van der Waals surface area contributed by atoms with Crippen LogP contribution < -0.4 is 10.1 Å².